The first kappa shape index (κ1) is 13.2. The molecule has 0 radical (unpaired) electrons. The molecule has 1 aromatic carbocycles. The van der Waals surface area contributed by atoms with Crippen LogP contribution < -0.4 is 5.32 Å². The summed E-state index contributed by atoms with van der Waals surface area (Å²) in [4.78, 5) is 12.6. The molecule has 1 heterocycles. The lowest BCUT2D eigenvalue weighted by molar-refractivity contribution is -0.118. The van der Waals surface area contributed by atoms with Crippen molar-refractivity contribution in [1.82, 2.24) is 5.32 Å². The SMILES string of the molecule is CC1=CC(c2ccccc2)C2=C(CC(C)(C)CC2=O)N1. The monoisotopic (exact) mass is 267 g/mol. The molecule has 0 amide bonds. The highest BCUT2D eigenvalue weighted by Crippen LogP contribution is 2.43. The van der Waals surface area contributed by atoms with E-state index in [9.17, 15) is 4.79 Å². The molecule has 2 aliphatic rings. The van der Waals surface area contributed by atoms with E-state index in [4.69, 9.17) is 0 Å². The Morgan fingerprint density at radius 2 is 1.85 bits per heavy atom. The van der Waals surface area contributed by atoms with E-state index in [1.165, 1.54) is 5.56 Å². The number of dihydropyridines is 1. The Morgan fingerprint density at radius 1 is 1.15 bits per heavy atom. The van der Waals surface area contributed by atoms with Gasteiger partial charge in [-0.25, -0.2) is 0 Å². The van der Waals surface area contributed by atoms with Gasteiger partial charge in [0.2, 0.25) is 0 Å². The van der Waals surface area contributed by atoms with Crippen LogP contribution in [0.1, 0.15) is 45.1 Å². The second-order valence-corrected chi connectivity index (χ2v) is 6.70. The summed E-state index contributed by atoms with van der Waals surface area (Å²) in [5.74, 6) is 0.400. The fourth-order valence-corrected chi connectivity index (χ4v) is 3.34. The largest absolute Gasteiger partial charge is 0.362 e. The highest BCUT2D eigenvalue weighted by Gasteiger charge is 2.37. The van der Waals surface area contributed by atoms with Gasteiger partial charge < -0.3 is 5.32 Å². The maximum Gasteiger partial charge on any atom is 0.162 e. The van der Waals surface area contributed by atoms with Crippen molar-refractivity contribution in [2.75, 3.05) is 0 Å². The van der Waals surface area contributed by atoms with E-state index in [-0.39, 0.29) is 11.3 Å². The number of benzene rings is 1. The number of nitrogens with one attached hydrogen (secondary N) is 1. The molecular formula is C18H21NO. The maximum atomic E-state index is 12.6. The Balaban J connectivity index is 2.08. The van der Waals surface area contributed by atoms with Gasteiger partial charge in [0.15, 0.2) is 5.78 Å². The standard InChI is InChI=1S/C18H21NO/c1-12-9-14(13-7-5-4-6-8-13)17-15(19-12)10-18(2,3)11-16(17)20/h4-9,14,19H,10-11H2,1-3H3. The minimum absolute atomic E-state index is 0.0573. The number of hydrogen-bond donors (Lipinski definition) is 1. The molecule has 0 bridgehead atoms. The second kappa shape index (κ2) is 4.62. The fraction of sp³-hybridized carbons (Fsp3) is 0.389. The lowest BCUT2D eigenvalue weighted by Crippen LogP contribution is -2.35. The molecule has 1 aliphatic carbocycles. The van der Waals surface area contributed by atoms with E-state index in [1.807, 2.05) is 18.2 Å². The Labute approximate surface area is 120 Å². The number of rotatable bonds is 1. The van der Waals surface area contributed by atoms with Crippen LogP contribution in [0.2, 0.25) is 0 Å². The van der Waals surface area contributed by atoms with Gasteiger partial charge in [0.1, 0.15) is 0 Å². The molecule has 1 atom stereocenters. The summed E-state index contributed by atoms with van der Waals surface area (Å²) >= 11 is 0. The molecule has 0 saturated heterocycles. The zero-order valence-electron chi connectivity index (χ0n) is 12.4. The van der Waals surface area contributed by atoms with E-state index in [0.29, 0.717) is 12.2 Å². The highest BCUT2D eigenvalue weighted by molar-refractivity contribution is 5.99. The zero-order valence-corrected chi connectivity index (χ0v) is 12.4. The van der Waals surface area contributed by atoms with Gasteiger partial charge >= 0.3 is 0 Å². The van der Waals surface area contributed by atoms with Crippen LogP contribution in [0.3, 0.4) is 0 Å². The van der Waals surface area contributed by atoms with Gasteiger partial charge in [-0.1, -0.05) is 50.3 Å². The quantitative estimate of drug-likeness (QED) is 0.835. The number of hydrogen-bond acceptors (Lipinski definition) is 2. The third kappa shape index (κ3) is 2.31. The van der Waals surface area contributed by atoms with Crippen molar-refractivity contribution < 1.29 is 4.79 Å². The summed E-state index contributed by atoms with van der Waals surface area (Å²) in [5, 5.41) is 3.42. The summed E-state index contributed by atoms with van der Waals surface area (Å²) in [6, 6.07) is 10.3. The molecule has 1 unspecified atom stereocenters. The Morgan fingerprint density at radius 3 is 2.55 bits per heavy atom. The number of carbonyl (C=O) groups excluding carboxylic acids is 1. The molecule has 1 aliphatic heterocycles. The number of ketones is 1. The van der Waals surface area contributed by atoms with Crippen LogP contribution >= 0.6 is 0 Å². The van der Waals surface area contributed by atoms with E-state index < -0.39 is 0 Å². The van der Waals surface area contributed by atoms with Crippen molar-refractivity contribution in [3.05, 3.63) is 58.9 Å². The lowest BCUT2D eigenvalue weighted by atomic mass is 9.70. The molecular weight excluding hydrogens is 246 g/mol. The molecule has 20 heavy (non-hydrogen) atoms. The average molecular weight is 267 g/mol. The lowest BCUT2D eigenvalue weighted by Gasteiger charge is -2.37. The number of carbonyl (C=O) groups is 1. The summed E-state index contributed by atoms with van der Waals surface area (Å²) in [6.45, 7) is 6.41. The van der Waals surface area contributed by atoms with Crippen molar-refractivity contribution in [2.45, 2.75) is 39.5 Å². The molecule has 2 heteroatoms. The van der Waals surface area contributed by atoms with E-state index in [2.05, 4.69) is 44.3 Å². The van der Waals surface area contributed by atoms with E-state index in [0.717, 1.165) is 23.4 Å². The zero-order chi connectivity index (χ0) is 14.3. The molecule has 104 valence electrons. The summed E-state index contributed by atoms with van der Waals surface area (Å²) < 4.78 is 0. The molecule has 1 N–H and O–H groups in total. The van der Waals surface area contributed by atoms with Crippen LogP contribution in [0.5, 0.6) is 0 Å². The molecule has 2 nitrogen and oxygen atoms in total. The van der Waals surface area contributed by atoms with Crippen molar-refractivity contribution in [3.63, 3.8) is 0 Å². The van der Waals surface area contributed by atoms with Crippen LogP contribution in [-0.4, -0.2) is 5.78 Å². The average Bonchev–Trinajstić information content (AvgIpc) is 2.36. The highest BCUT2D eigenvalue weighted by atomic mass is 16.1. The minimum atomic E-state index is 0.0573. The van der Waals surface area contributed by atoms with Crippen molar-refractivity contribution in [3.8, 4) is 0 Å². The topological polar surface area (TPSA) is 29.1 Å². The van der Waals surface area contributed by atoms with Crippen molar-refractivity contribution in [2.24, 2.45) is 5.41 Å². The minimum Gasteiger partial charge on any atom is -0.362 e. The molecule has 0 aromatic heterocycles. The van der Waals surface area contributed by atoms with Crippen molar-refractivity contribution >= 4 is 5.78 Å². The van der Waals surface area contributed by atoms with Crippen LogP contribution in [0.4, 0.5) is 0 Å². The van der Waals surface area contributed by atoms with Gasteiger partial charge in [-0.15, -0.1) is 0 Å². The third-order valence-electron chi connectivity index (χ3n) is 4.15. The fourth-order valence-electron chi connectivity index (χ4n) is 3.34. The predicted molar refractivity (Wildman–Crippen MR) is 81.1 cm³/mol. The third-order valence-corrected chi connectivity index (χ3v) is 4.15. The van der Waals surface area contributed by atoms with Crippen LogP contribution in [0, 0.1) is 5.41 Å². The second-order valence-electron chi connectivity index (χ2n) is 6.70. The van der Waals surface area contributed by atoms with E-state index in [1.54, 1.807) is 0 Å². The summed E-state index contributed by atoms with van der Waals surface area (Å²) in [5.41, 5.74) is 4.50. The smallest absolute Gasteiger partial charge is 0.162 e. The number of allylic oxidation sites excluding steroid dienone is 4. The summed E-state index contributed by atoms with van der Waals surface area (Å²) in [7, 11) is 0. The van der Waals surface area contributed by atoms with Crippen LogP contribution in [0.15, 0.2) is 53.4 Å². The van der Waals surface area contributed by atoms with Gasteiger partial charge in [-0.05, 0) is 24.3 Å². The van der Waals surface area contributed by atoms with Gasteiger partial charge in [-0.2, -0.15) is 0 Å². The molecule has 0 saturated carbocycles. The molecule has 3 rings (SSSR count). The van der Waals surface area contributed by atoms with Gasteiger partial charge in [0.25, 0.3) is 0 Å². The Kier molecular flexibility index (Phi) is 3.04. The first-order valence-corrected chi connectivity index (χ1v) is 7.23. The predicted octanol–water partition coefficient (Wildman–Crippen LogP) is 3.92. The Bertz CT molecular complexity index is 608. The number of Topliss-reactive ketones (excluding diaryl/α,β-unsaturated/α-hetero) is 1. The molecule has 0 fully saturated rings. The summed E-state index contributed by atoms with van der Waals surface area (Å²) in [6.07, 6.45) is 3.76. The van der Waals surface area contributed by atoms with E-state index >= 15 is 0 Å². The first-order chi connectivity index (χ1) is 9.46. The first-order valence-electron chi connectivity index (χ1n) is 7.23. The van der Waals surface area contributed by atoms with Crippen LogP contribution in [-0.2, 0) is 4.79 Å². The Hall–Kier alpha value is -1.83. The molecule has 0 spiro atoms. The van der Waals surface area contributed by atoms with Gasteiger partial charge in [0, 0.05) is 29.3 Å². The van der Waals surface area contributed by atoms with Crippen LogP contribution in [0.25, 0.3) is 0 Å². The van der Waals surface area contributed by atoms with Crippen molar-refractivity contribution in [1.29, 1.82) is 0 Å². The van der Waals surface area contributed by atoms with Gasteiger partial charge in [0.05, 0.1) is 0 Å². The normalized spacial score (nSPS) is 24.9. The maximum absolute atomic E-state index is 12.6. The van der Waals surface area contributed by atoms with Gasteiger partial charge in [-0.3, -0.25) is 4.79 Å². The molecule has 1 aromatic rings.